The van der Waals surface area contributed by atoms with Gasteiger partial charge in [-0.25, -0.2) is 4.39 Å². The Balaban J connectivity index is 1.61. The van der Waals surface area contributed by atoms with Crippen LogP contribution in [0.4, 0.5) is 10.1 Å². The molecular weight excluding hydrogens is 315 g/mol. The highest BCUT2D eigenvalue weighted by Gasteiger charge is 2.28. The molecule has 0 unspecified atom stereocenters. The van der Waals surface area contributed by atoms with E-state index in [9.17, 15) is 4.39 Å². The maximum atomic E-state index is 14.0. The Morgan fingerprint density at radius 1 is 1.08 bits per heavy atom. The summed E-state index contributed by atoms with van der Waals surface area (Å²) in [5.41, 5.74) is 4.05. The van der Waals surface area contributed by atoms with Crippen LogP contribution < -0.4 is 4.90 Å². The average molecular weight is 336 g/mol. The number of nitrogens with zero attached hydrogens (tertiary/aromatic N) is 2. The van der Waals surface area contributed by atoms with Gasteiger partial charge in [0.1, 0.15) is 5.82 Å². The highest BCUT2D eigenvalue weighted by molar-refractivity contribution is 5.50. The lowest BCUT2D eigenvalue weighted by Gasteiger charge is -2.24. The van der Waals surface area contributed by atoms with Crippen molar-refractivity contribution in [3.63, 3.8) is 0 Å². The molecule has 4 heteroatoms. The van der Waals surface area contributed by atoms with Crippen LogP contribution in [0.15, 0.2) is 67.0 Å². The van der Waals surface area contributed by atoms with Crippen molar-refractivity contribution in [3.05, 3.63) is 83.9 Å². The minimum atomic E-state index is -0.232. The molecule has 0 aliphatic carbocycles. The van der Waals surface area contributed by atoms with E-state index < -0.39 is 0 Å². The number of halogens is 1. The lowest BCUT2D eigenvalue weighted by Crippen LogP contribution is -2.22. The molecule has 1 aromatic heterocycles. The summed E-state index contributed by atoms with van der Waals surface area (Å²) in [6.45, 7) is 3.69. The molecule has 0 radical (unpaired) electrons. The first-order valence-electron chi connectivity index (χ1n) is 8.66. The Bertz CT molecular complexity index is 856. The molecule has 1 atom stereocenters. The van der Waals surface area contributed by atoms with E-state index in [0.29, 0.717) is 12.3 Å². The molecule has 0 N–H and O–H groups in total. The maximum absolute atomic E-state index is 14.0. The van der Waals surface area contributed by atoms with Crippen LogP contribution in [0, 0.1) is 5.82 Å². The largest absolute Gasteiger partial charge is 0.352 e. The van der Waals surface area contributed by atoms with Crippen molar-refractivity contribution in [3.8, 4) is 5.69 Å². The van der Waals surface area contributed by atoms with Crippen molar-refractivity contribution in [2.75, 3.05) is 18.1 Å². The van der Waals surface area contributed by atoms with Crippen LogP contribution in [0.5, 0.6) is 0 Å². The Morgan fingerprint density at radius 2 is 1.88 bits per heavy atom. The first kappa shape index (κ1) is 15.9. The Labute approximate surface area is 147 Å². The van der Waals surface area contributed by atoms with Gasteiger partial charge in [-0.05, 0) is 42.3 Å². The van der Waals surface area contributed by atoms with Gasteiger partial charge in [0, 0.05) is 30.2 Å². The number of anilines is 1. The molecule has 1 fully saturated rings. The smallest absolute Gasteiger partial charge is 0.158 e. The summed E-state index contributed by atoms with van der Waals surface area (Å²) in [5, 5.41) is 0. The second-order valence-corrected chi connectivity index (χ2v) is 6.24. The molecule has 1 saturated heterocycles. The predicted octanol–water partition coefficient (Wildman–Crippen LogP) is 4.71. The zero-order valence-corrected chi connectivity index (χ0v) is 14.2. The molecule has 2 aromatic carbocycles. The summed E-state index contributed by atoms with van der Waals surface area (Å²) in [6.07, 6.45) is 4.72. The summed E-state index contributed by atoms with van der Waals surface area (Å²) in [5.74, 6) is -0.232. The van der Waals surface area contributed by atoms with E-state index in [0.717, 1.165) is 24.2 Å². The van der Waals surface area contributed by atoms with Gasteiger partial charge in [-0.15, -0.1) is 0 Å². The number of para-hydroxylation sites is 1. The molecule has 0 spiro atoms. The van der Waals surface area contributed by atoms with Crippen LogP contribution in [0.2, 0.25) is 0 Å². The molecule has 25 heavy (non-hydrogen) atoms. The van der Waals surface area contributed by atoms with E-state index in [-0.39, 0.29) is 12.0 Å². The fourth-order valence-electron chi connectivity index (χ4n) is 3.30. The number of rotatable bonds is 4. The first-order valence-corrected chi connectivity index (χ1v) is 8.66. The van der Waals surface area contributed by atoms with Crippen molar-refractivity contribution in [2.24, 2.45) is 0 Å². The highest BCUT2D eigenvalue weighted by Crippen LogP contribution is 2.33. The summed E-state index contributed by atoms with van der Waals surface area (Å²) in [6, 6.07) is 17.4. The minimum absolute atomic E-state index is 0.138. The van der Waals surface area contributed by atoms with Crippen LogP contribution in [-0.4, -0.2) is 17.7 Å². The van der Waals surface area contributed by atoms with E-state index in [2.05, 4.69) is 36.1 Å². The number of hydrogen-bond acceptors (Lipinski definition) is 2. The summed E-state index contributed by atoms with van der Waals surface area (Å²) in [7, 11) is 0. The van der Waals surface area contributed by atoms with Gasteiger partial charge in [0.2, 0.25) is 0 Å². The van der Waals surface area contributed by atoms with Crippen LogP contribution >= 0.6 is 0 Å². The summed E-state index contributed by atoms with van der Waals surface area (Å²) >= 11 is 0. The van der Waals surface area contributed by atoms with Gasteiger partial charge in [0.15, 0.2) is 6.23 Å². The van der Waals surface area contributed by atoms with Gasteiger partial charge in [0.25, 0.3) is 0 Å². The van der Waals surface area contributed by atoms with Crippen molar-refractivity contribution in [2.45, 2.75) is 19.6 Å². The molecule has 0 bridgehead atoms. The number of hydrogen-bond donors (Lipinski definition) is 0. The second kappa shape index (κ2) is 6.73. The molecule has 3 nitrogen and oxygen atoms in total. The van der Waals surface area contributed by atoms with Crippen molar-refractivity contribution < 1.29 is 9.13 Å². The van der Waals surface area contributed by atoms with Crippen molar-refractivity contribution in [1.82, 2.24) is 4.57 Å². The monoisotopic (exact) mass is 336 g/mol. The lowest BCUT2D eigenvalue weighted by molar-refractivity contribution is 0.114. The zero-order chi connectivity index (χ0) is 17.2. The van der Waals surface area contributed by atoms with E-state index in [4.69, 9.17) is 4.74 Å². The highest BCUT2D eigenvalue weighted by atomic mass is 19.1. The molecule has 0 amide bonds. The SMILES string of the molecule is CCc1ccc(N2CCO[C@H]2c2ccn(-c3ccccc3F)c2)cc1. The van der Waals surface area contributed by atoms with Gasteiger partial charge in [0.05, 0.1) is 12.3 Å². The molecular formula is C21H21FN2O. The summed E-state index contributed by atoms with van der Waals surface area (Å²) < 4.78 is 21.8. The normalized spacial score (nSPS) is 17.2. The van der Waals surface area contributed by atoms with Crippen LogP contribution in [0.25, 0.3) is 5.69 Å². The van der Waals surface area contributed by atoms with Crippen molar-refractivity contribution in [1.29, 1.82) is 0 Å². The van der Waals surface area contributed by atoms with Crippen LogP contribution in [0.1, 0.15) is 24.3 Å². The van der Waals surface area contributed by atoms with E-state index >= 15 is 0 Å². The molecule has 3 aromatic rings. The quantitative estimate of drug-likeness (QED) is 0.686. The minimum Gasteiger partial charge on any atom is -0.352 e. The fraction of sp³-hybridized carbons (Fsp3) is 0.238. The standard InChI is InChI=1S/C21H21FN2O/c1-2-16-7-9-18(10-8-16)24-13-14-25-21(24)17-11-12-23(15-17)20-6-4-3-5-19(20)22/h3-12,15,21H,2,13-14H2,1H3/t21-/m0/s1. The first-order chi connectivity index (χ1) is 12.3. The van der Waals surface area contributed by atoms with E-state index in [1.165, 1.54) is 11.6 Å². The van der Waals surface area contributed by atoms with Crippen LogP contribution in [-0.2, 0) is 11.2 Å². The lowest BCUT2D eigenvalue weighted by atomic mass is 10.1. The average Bonchev–Trinajstić information content (AvgIpc) is 3.31. The molecule has 1 aliphatic rings. The third-order valence-electron chi connectivity index (χ3n) is 4.70. The Hall–Kier alpha value is -2.59. The number of ether oxygens (including phenoxy) is 1. The Kier molecular flexibility index (Phi) is 4.28. The van der Waals surface area contributed by atoms with E-state index in [1.54, 1.807) is 12.1 Å². The fourth-order valence-corrected chi connectivity index (χ4v) is 3.30. The zero-order valence-electron chi connectivity index (χ0n) is 14.2. The molecule has 4 rings (SSSR count). The third-order valence-corrected chi connectivity index (χ3v) is 4.70. The number of benzene rings is 2. The molecule has 0 saturated carbocycles. The van der Waals surface area contributed by atoms with Gasteiger partial charge in [-0.1, -0.05) is 31.2 Å². The number of aromatic nitrogens is 1. The molecule has 2 heterocycles. The maximum Gasteiger partial charge on any atom is 0.158 e. The molecule has 128 valence electrons. The van der Waals surface area contributed by atoms with Gasteiger partial charge < -0.3 is 14.2 Å². The van der Waals surface area contributed by atoms with Crippen LogP contribution in [0.3, 0.4) is 0 Å². The molecule has 1 aliphatic heterocycles. The Morgan fingerprint density at radius 3 is 2.64 bits per heavy atom. The summed E-state index contributed by atoms with van der Waals surface area (Å²) in [4.78, 5) is 2.25. The van der Waals surface area contributed by atoms with Crippen molar-refractivity contribution >= 4 is 5.69 Å². The van der Waals surface area contributed by atoms with Gasteiger partial charge >= 0.3 is 0 Å². The van der Waals surface area contributed by atoms with Gasteiger partial charge in [-0.2, -0.15) is 0 Å². The second-order valence-electron chi connectivity index (χ2n) is 6.24. The number of aryl methyl sites for hydroxylation is 1. The third kappa shape index (κ3) is 3.05. The van der Waals surface area contributed by atoms with Gasteiger partial charge in [-0.3, -0.25) is 0 Å². The van der Waals surface area contributed by atoms with E-state index in [1.807, 2.05) is 29.1 Å². The predicted molar refractivity (Wildman–Crippen MR) is 97.6 cm³/mol. The topological polar surface area (TPSA) is 17.4 Å².